The van der Waals surface area contributed by atoms with Crippen LogP contribution in [0, 0.1) is 76.4 Å². The van der Waals surface area contributed by atoms with Gasteiger partial charge in [-0.2, -0.15) is 0 Å². The van der Waals surface area contributed by atoms with Crippen molar-refractivity contribution in [3.63, 3.8) is 0 Å². The first-order chi connectivity index (χ1) is 20.6. The third-order valence-electron chi connectivity index (χ3n) is 10.3. The topological polar surface area (TPSA) is 0 Å². The molecule has 0 heterocycles. The summed E-state index contributed by atoms with van der Waals surface area (Å²) in [7, 11) is 0. The molecular weight excluding hydrogens is 617 g/mol. The van der Waals surface area contributed by atoms with Crippen LogP contribution in [0.25, 0.3) is 0 Å². The molecule has 5 aliphatic rings. The van der Waals surface area contributed by atoms with E-state index in [1.807, 2.05) is 27.7 Å². The molecule has 0 spiro atoms. The molecule has 0 amide bonds. The molecule has 1 radical (unpaired) electrons. The van der Waals surface area contributed by atoms with Crippen LogP contribution in [0.1, 0.15) is 210 Å². The molecule has 45 heavy (non-hydrogen) atoms. The van der Waals surface area contributed by atoms with E-state index in [9.17, 15) is 0 Å². The second kappa shape index (κ2) is 32.3. The molecule has 0 unspecified atom stereocenters. The molecule has 5 fully saturated rings. The van der Waals surface area contributed by atoms with Crippen molar-refractivity contribution >= 4 is 0 Å². The molecule has 1 heteroatoms. The maximum absolute atomic E-state index is 2.51. The van der Waals surface area contributed by atoms with Crippen molar-refractivity contribution < 1.29 is 32.7 Å². The second-order valence-electron chi connectivity index (χ2n) is 16.1. The van der Waals surface area contributed by atoms with Crippen LogP contribution < -0.4 is 0 Å². The van der Waals surface area contributed by atoms with Crippen molar-refractivity contribution in [2.24, 2.45) is 76.4 Å². The fraction of sp³-hybridized carbons (Fsp3) is 1.00. The zero-order valence-electron chi connectivity index (χ0n) is 36.4. The summed E-state index contributed by atoms with van der Waals surface area (Å²) in [6.45, 7) is 49.5. The predicted octanol–water partition coefficient (Wildman–Crippen LogP) is 16.3. The van der Waals surface area contributed by atoms with Crippen LogP contribution in [0.4, 0.5) is 0 Å². The fourth-order valence-corrected chi connectivity index (χ4v) is 8.93. The van der Waals surface area contributed by atoms with Crippen LogP contribution in [-0.4, -0.2) is 0 Å². The van der Waals surface area contributed by atoms with E-state index >= 15 is 0 Å². The Bertz CT molecular complexity index is 544. The average molecular weight is 714 g/mol. The molecular formula is C44H96Y. The summed E-state index contributed by atoms with van der Waals surface area (Å²) in [6, 6.07) is 0. The van der Waals surface area contributed by atoms with E-state index in [1.165, 1.54) is 51.4 Å². The number of hydrogen-bond donors (Lipinski definition) is 0. The Kier molecular flexibility index (Phi) is 39.9. The summed E-state index contributed by atoms with van der Waals surface area (Å²) < 4.78 is 0. The van der Waals surface area contributed by atoms with E-state index in [0.29, 0.717) is 5.41 Å². The van der Waals surface area contributed by atoms with Gasteiger partial charge in [0, 0.05) is 32.7 Å². The molecule has 8 atom stereocenters. The van der Waals surface area contributed by atoms with Gasteiger partial charge in [-0.1, -0.05) is 178 Å². The van der Waals surface area contributed by atoms with E-state index in [1.54, 1.807) is 6.42 Å². The van der Waals surface area contributed by atoms with E-state index in [0.717, 1.165) is 71.0 Å². The molecule has 5 rings (SSSR count). The number of hydrogen-bond acceptors (Lipinski definition) is 0. The molecule has 0 saturated heterocycles. The largest absolute Gasteiger partial charge is 0.0683 e. The fourth-order valence-electron chi connectivity index (χ4n) is 8.93. The smallest absolute Gasteiger partial charge is 0 e. The van der Waals surface area contributed by atoms with E-state index in [2.05, 4.69) is 125 Å². The Balaban J connectivity index is -0.000000161. The maximum atomic E-state index is 2.51. The summed E-state index contributed by atoms with van der Waals surface area (Å²) in [5.74, 6) is 11.9. The van der Waals surface area contributed by atoms with Gasteiger partial charge in [-0.15, -0.1) is 0 Å². The Hall–Kier alpha value is 1.10. The zero-order chi connectivity index (χ0) is 35.8. The Morgan fingerprint density at radius 2 is 0.756 bits per heavy atom. The minimum atomic E-state index is 0. The first kappa shape index (κ1) is 55.5. The quantitative estimate of drug-likeness (QED) is 0.272. The average Bonchev–Trinajstić information content (AvgIpc) is 3.59. The summed E-state index contributed by atoms with van der Waals surface area (Å²) in [5, 5.41) is 0. The number of fused-ring (bicyclic) bond motifs is 4. The maximum Gasteiger partial charge on any atom is 0 e. The van der Waals surface area contributed by atoms with Crippen LogP contribution >= 0.6 is 0 Å². The Labute approximate surface area is 317 Å². The predicted molar refractivity (Wildman–Crippen MR) is 211 cm³/mol. The van der Waals surface area contributed by atoms with Crippen LogP contribution in [0.5, 0.6) is 0 Å². The molecule has 4 bridgehead atoms. The van der Waals surface area contributed by atoms with Crippen molar-refractivity contribution in [3.8, 4) is 0 Å². The molecule has 0 aliphatic heterocycles. The van der Waals surface area contributed by atoms with Gasteiger partial charge < -0.3 is 0 Å². The van der Waals surface area contributed by atoms with Gasteiger partial charge in [-0.3, -0.25) is 0 Å². The Morgan fingerprint density at radius 3 is 0.978 bits per heavy atom. The van der Waals surface area contributed by atoms with Gasteiger partial charge in [0.05, 0.1) is 0 Å². The van der Waals surface area contributed by atoms with Crippen LogP contribution in [0.15, 0.2) is 0 Å². The van der Waals surface area contributed by atoms with Crippen LogP contribution in [0.3, 0.4) is 0 Å². The van der Waals surface area contributed by atoms with Gasteiger partial charge in [-0.25, -0.2) is 0 Å². The third kappa shape index (κ3) is 19.2. The standard InChI is InChI=1S/C15H28.C13H24.4C3H8.2C2H6.Y/c1-9(2)12-7-11-8-13(15(11,5)6)14(12)10(3)4;1-8(2)12-10-5-6-11(7-10)13(12)9(3)4;4*1-3-2;2*1-2;/h9-14H,7-8H2,1-6H3;8-13H,5-7H2,1-4H3;4*3H2,1-2H3;2*1-2H3;/t11-,12+,13-,14+;10-,11+,12-,13-;;;;;;;/m00......./s1. The zero-order valence-corrected chi connectivity index (χ0v) is 39.2. The molecule has 5 saturated carbocycles. The number of rotatable bonds is 4. The van der Waals surface area contributed by atoms with Gasteiger partial charge in [0.25, 0.3) is 0 Å². The molecule has 0 nitrogen and oxygen atoms in total. The Morgan fingerprint density at radius 1 is 0.467 bits per heavy atom. The van der Waals surface area contributed by atoms with Crippen LogP contribution in [0.2, 0.25) is 0 Å². The summed E-state index contributed by atoms with van der Waals surface area (Å²) in [5.41, 5.74) is 0.653. The normalized spacial score (nSPS) is 28.9. The SMILES string of the molecule is CC.CC.CC(C)[C@@H]1[C@@H](C(C)C)C[C@H]2C[C@@H]1C2(C)C.CC(C)[C@H]1[C@@H]2CC[C@@H](C2)[C@@H]1C(C)C.CCC.CCC.CCC.CCC.[Y]. The van der Waals surface area contributed by atoms with Crippen molar-refractivity contribution in [1.82, 2.24) is 0 Å². The molecule has 275 valence electrons. The van der Waals surface area contributed by atoms with Crippen molar-refractivity contribution in [3.05, 3.63) is 0 Å². The van der Waals surface area contributed by atoms with Gasteiger partial charge in [0.1, 0.15) is 0 Å². The van der Waals surface area contributed by atoms with E-state index in [4.69, 9.17) is 0 Å². The van der Waals surface area contributed by atoms with Crippen LogP contribution in [-0.2, 0) is 32.7 Å². The minimum absolute atomic E-state index is 0. The molecule has 0 aromatic rings. The van der Waals surface area contributed by atoms with E-state index < -0.39 is 0 Å². The second-order valence-corrected chi connectivity index (χ2v) is 16.1. The monoisotopic (exact) mass is 714 g/mol. The minimum Gasteiger partial charge on any atom is -0.0683 e. The van der Waals surface area contributed by atoms with Gasteiger partial charge in [0.15, 0.2) is 0 Å². The first-order valence-electron chi connectivity index (χ1n) is 20.6. The van der Waals surface area contributed by atoms with Gasteiger partial charge in [-0.05, 0) is 109 Å². The molecule has 0 aromatic heterocycles. The third-order valence-corrected chi connectivity index (χ3v) is 10.3. The summed E-state index contributed by atoms with van der Waals surface area (Å²) >= 11 is 0. The van der Waals surface area contributed by atoms with Crippen molar-refractivity contribution in [2.45, 2.75) is 210 Å². The molecule has 5 aliphatic carbocycles. The van der Waals surface area contributed by atoms with Gasteiger partial charge >= 0.3 is 0 Å². The summed E-state index contributed by atoms with van der Waals surface area (Å²) in [4.78, 5) is 0. The van der Waals surface area contributed by atoms with E-state index in [-0.39, 0.29) is 32.7 Å². The molecule has 0 N–H and O–H groups in total. The summed E-state index contributed by atoms with van der Waals surface area (Å²) in [6.07, 6.45) is 12.7. The van der Waals surface area contributed by atoms with Crippen molar-refractivity contribution in [2.75, 3.05) is 0 Å². The van der Waals surface area contributed by atoms with Crippen molar-refractivity contribution in [1.29, 1.82) is 0 Å². The first-order valence-corrected chi connectivity index (χ1v) is 20.6. The molecule has 0 aromatic carbocycles. The van der Waals surface area contributed by atoms with Gasteiger partial charge in [0.2, 0.25) is 0 Å².